The normalized spacial score (nSPS) is 14.1. The molecule has 0 aromatic carbocycles. The Morgan fingerprint density at radius 2 is 1.21 bits per heavy atom. The molecule has 0 aromatic rings. The summed E-state index contributed by atoms with van der Waals surface area (Å²) in [5, 5.41) is 11.6. The van der Waals surface area contributed by atoms with Crippen molar-refractivity contribution in [1.82, 2.24) is 0 Å². The lowest BCUT2D eigenvalue weighted by atomic mass is 9.76. The fourth-order valence-electron chi connectivity index (χ4n) is 5.08. The number of carbonyl (C=O) groups excluding carboxylic acids is 3. The van der Waals surface area contributed by atoms with Crippen LogP contribution in [0.25, 0.3) is 0 Å². The number of ketones is 2. The summed E-state index contributed by atoms with van der Waals surface area (Å²) in [4.78, 5) is 38.0. The van der Waals surface area contributed by atoms with Gasteiger partial charge in [0.1, 0.15) is 11.7 Å². The van der Waals surface area contributed by atoms with E-state index in [0.29, 0.717) is 13.0 Å². The Morgan fingerprint density at radius 1 is 0.714 bits per heavy atom. The van der Waals surface area contributed by atoms with E-state index in [0.717, 1.165) is 76.7 Å². The maximum Gasteiger partial charge on any atom is 0.306 e. The summed E-state index contributed by atoms with van der Waals surface area (Å²) in [6.07, 6.45) is 17.7. The number of ether oxygens (including phenoxy) is 3. The molecule has 7 nitrogen and oxygen atoms in total. The molecule has 0 amide bonds. The second kappa shape index (κ2) is 26.8. The molecule has 7 heteroatoms. The maximum atomic E-state index is 12.9. The smallest absolute Gasteiger partial charge is 0.306 e. The SMILES string of the molecule is C=CC(=O)CC(O)(C(=O)C=C)C(COCCCCCCOCCCCC)C(CC)OC(=O)CCCCCCCCCC. The van der Waals surface area contributed by atoms with Crippen LogP contribution in [0.1, 0.15) is 136 Å². The fraction of sp³-hybridized carbons (Fsp3) is 0.800. The molecule has 0 fully saturated rings. The molecule has 0 aromatic heterocycles. The quantitative estimate of drug-likeness (QED) is 0.0495. The van der Waals surface area contributed by atoms with Crippen molar-refractivity contribution in [3.05, 3.63) is 25.3 Å². The standard InChI is InChI=1S/C35H62O7/c1-6-11-13-14-15-16-17-20-24-34(38)42-32(9-4)31(35(39,33(37)10-5)28-30(36)8-3)29-41-27-23-19-18-22-26-40-25-21-12-7-2/h8,10,31-32,39H,3,5-7,9,11-29H2,1-2,4H3. The third kappa shape index (κ3) is 18.7. The molecular formula is C35H62O7. The van der Waals surface area contributed by atoms with Crippen LogP contribution in [0.5, 0.6) is 0 Å². The molecule has 244 valence electrons. The van der Waals surface area contributed by atoms with Gasteiger partial charge in [-0.25, -0.2) is 0 Å². The summed E-state index contributed by atoms with van der Waals surface area (Å²) in [6, 6.07) is 0. The minimum atomic E-state index is -2.11. The third-order valence-electron chi connectivity index (χ3n) is 7.78. The molecule has 0 bridgehead atoms. The van der Waals surface area contributed by atoms with Gasteiger partial charge < -0.3 is 19.3 Å². The highest BCUT2D eigenvalue weighted by atomic mass is 16.5. The van der Waals surface area contributed by atoms with E-state index < -0.39 is 35.6 Å². The average Bonchev–Trinajstić information content (AvgIpc) is 2.99. The summed E-state index contributed by atoms with van der Waals surface area (Å²) in [7, 11) is 0. The lowest BCUT2D eigenvalue weighted by Gasteiger charge is -2.37. The van der Waals surface area contributed by atoms with Crippen LogP contribution in [-0.4, -0.2) is 60.8 Å². The minimum absolute atomic E-state index is 0.0232. The molecule has 0 aliphatic heterocycles. The van der Waals surface area contributed by atoms with Crippen molar-refractivity contribution in [2.75, 3.05) is 26.4 Å². The molecule has 0 spiro atoms. The van der Waals surface area contributed by atoms with E-state index in [1.807, 2.05) is 6.92 Å². The molecule has 0 heterocycles. The van der Waals surface area contributed by atoms with Crippen LogP contribution in [0.4, 0.5) is 0 Å². The van der Waals surface area contributed by atoms with Crippen molar-refractivity contribution in [2.45, 2.75) is 148 Å². The van der Waals surface area contributed by atoms with E-state index in [-0.39, 0.29) is 19.0 Å². The number of aliphatic hydroxyl groups is 1. The molecular weight excluding hydrogens is 532 g/mol. The average molecular weight is 595 g/mol. The van der Waals surface area contributed by atoms with Crippen LogP contribution < -0.4 is 0 Å². The van der Waals surface area contributed by atoms with E-state index in [4.69, 9.17) is 14.2 Å². The Kier molecular flexibility index (Phi) is 25.6. The second-order valence-electron chi connectivity index (χ2n) is 11.4. The van der Waals surface area contributed by atoms with Gasteiger partial charge in [0.15, 0.2) is 11.6 Å². The third-order valence-corrected chi connectivity index (χ3v) is 7.78. The van der Waals surface area contributed by atoms with Gasteiger partial charge in [-0.3, -0.25) is 14.4 Å². The van der Waals surface area contributed by atoms with Crippen molar-refractivity contribution in [2.24, 2.45) is 5.92 Å². The zero-order valence-corrected chi connectivity index (χ0v) is 27.2. The van der Waals surface area contributed by atoms with Gasteiger partial charge in [-0.2, -0.15) is 0 Å². The number of unbranched alkanes of at least 4 members (excludes halogenated alkanes) is 12. The second-order valence-corrected chi connectivity index (χ2v) is 11.4. The van der Waals surface area contributed by atoms with Crippen molar-refractivity contribution in [3.63, 3.8) is 0 Å². The highest BCUT2D eigenvalue weighted by molar-refractivity contribution is 6.02. The van der Waals surface area contributed by atoms with Crippen LogP contribution in [0.3, 0.4) is 0 Å². The van der Waals surface area contributed by atoms with Crippen molar-refractivity contribution in [1.29, 1.82) is 0 Å². The molecule has 0 saturated heterocycles. The van der Waals surface area contributed by atoms with Crippen LogP contribution in [0.2, 0.25) is 0 Å². The van der Waals surface area contributed by atoms with Crippen LogP contribution in [0.15, 0.2) is 25.3 Å². The largest absolute Gasteiger partial charge is 0.462 e. The molecule has 42 heavy (non-hydrogen) atoms. The van der Waals surface area contributed by atoms with Crippen molar-refractivity contribution < 1.29 is 33.7 Å². The Labute approximate surface area is 256 Å². The summed E-state index contributed by atoms with van der Waals surface area (Å²) < 4.78 is 17.4. The van der Waals surface area contributed by atoms with Gasteiger partial charge in [-0.05, 0) is 44.3 Å². The molecule has 0 saturated carbocycles. The number of carbonyl (C=O) groups is 3. The first-order valence-electron chi connectivity index (χ1n) is 16.7. The Balaban J connectivity index is 5.03. The van der Waals surface area contributed by atoms with Gasteiger partial charge in [0.2, 0.25) is 0 Å². The van der Waals surface area contributed by atoms with Crippen molar-refractivity contribution >= 4 is 17.5 Å². The maximum absolute atomic E-state index is 12.9. The lowest BCUT2D eigenvalue weighted by Crippen LogP contribution is -2.54. The van der Waals surface area contributed by atoms with E-state index in [1.54, 1.807) is 0 Å². The van der Waals surface area contributed by atoms with Crippen LogP contribution in [0, 0.1) is 5.92 Å². The van der Waals surface area contributed by atoms with E-state index in [2.05, 4.69) is 27.0 Å². The molecule has 0 aliphatic rings. The number of rotatable bonds is 31. The monoisotopic (exact) mass is 594 g/mol. The van der Waals surface area contributed by atoms with E-state index in [1.165, 1.54) is 44.9 Å². The predicted octanol–water partition coefficient (Wildman–Crippen LogP) is 7.87. The van der Waals surface area contributed by atoms with Gasteiger partial charge in [0.25, 0.3) is 0 Å². The van der Waals surface area contributed by atoms with Gasteiger partial charge in [0, 0.05) is 32.7 Å². The zero-order chi connectivity index (χ0) is 31.5. The lowest BCUT2D eigenvalue weighted by molar-refractivity contribution is -0.171. The highest BCUT2D eigenvalue weighted by Gasteiger charge is 2.48. The number of allylic oxidation sites excluding steroid dienone is 1. The Bertz CT molecular complexity index is 735. The summed E-state index contributed by atoms with van der Waals surface area (Å²) in [5.41, 5.74) is -2.11. The summed E-state index contributed by atoms with van der Waals surface area (Å²) in [5.74, 6) is -2.45. The first-order chi connectivity index (χ1) is 20.3. The van der Waals surface area contributed by atoms with Gasteiger partial charge in [-0.1, -0.05) is 105 Å². The molecule has 1 N–H and O–H groups in total. The summed E-state index contributed by atoms with van der Waals surface area (Å²) in [6.45, 7) is 15.2. The molecule has 0 rings (SSSR count). The molecule has 0 radical (unpaired) electrons. The molecule has 3 atom stereocenters. The predicted molar refractivity (Wildman–Crippen MR) is 170 cm³/mol. The van der Waals surface area contributed by atoms with E-state index >= 15 is 0 Å². The molecule has 0 aliphatic carbocycles. The number of esters is 1. The van der Waals surface area contributed by atoms with Gasteiger partial charge in [-0.15, -0.1) is 0 Å². The van der Waals surface area contributed by atoms with Crippen LogP contribution in [-0.2, 0) is 28.6 Å². The fourth-order valence-corrected chi connectivity index (χ4v) is 5.08. The van der Waals surface area contributed by atoms with E-state index in [9.17, 15) is 19.5 Å². The topological polar surface area (TPSA) is 99.1 Å². The highest BCUT2D eigenvalue weighted by Crippen LogP contribution is 2.31. The van der Waals surface area contributed by atoms with Gasteiger partial charge in [0.05, 0.1) is 12.5 Å². The number of hydrogen-bond donors (Lipinski definition) is 1. The minimum Gasteiger partial charge on any atom is -0.462 e. The first-order valence-corrected chi connectivity index (χ1v) is 16.7. The zero-order valence-electron chi connectivity index (χ0n) is 27.2. The van der Waals surface area contributed by atoms with Crippen molar-refractivity contribution in [3.8, 4) is 0 Å². The van der Waals surface area contributed by atoms with Gasteiger partial charge >= 0.3 is 5.97 Å². The molecule has 3 unspecified atom stereocenters. The Hall–Kier alpha value is -1.83. The first kappa shape index (κ1) is 40.2. The summed E-state index contributed by atoms with van der Waals surface area (Å²) >= 11 is 0. The van der Waals surface area contributed by atoms with Crippen LogP contribution >= 0.6 is 0 Å². The number of hydrogen-bond acceptors (Lipinski definition) is 7. The Morgan fingerprint density at radius 3 is 1.76 bits per heavy atom.